The van der Waals surface area contributed by atoms with Gasteiger partial charge in [0.15, 0.2) is 0 Å². The average Bonchev–Trinajstić information content (AvgIpc) is 3.58. The molecule has 52 heavy (non-hydrogen) atoms. The summed E-state index contributed by atoms with van der Waals surface area (Å²) in [4.78, 5) is 31.2. The number of halogens is 6. The molecule has 1 aliphatic rings. The van der Waals surface area contributed by atoms with Crippen molar-refractivity contribution in [2.45, 2.75) is 37.3 Å². The minimum atomic E-state index is -10.3. The number of pyridine rings is 1. The fraction of sp³-hybridized carbons (Fsp3) is 0.306. The number of anilines is 1. The highest BCUT2D eigenvalue weighted by Gasteiger charge is 2.65. The third-order valence-corrected chi connectivity index (χ3v) is 9.59. The number of benzene rings is 3. The maximum absolute atomic E-state index is 15.4. The summed E-state index contributed by atoms with van der Waals surface area (Å²) in [6, 6.07) is 13.8. The van der Waals surface area contributed by atoms with Crippen LogP contribution in [0.4, 0.5) is 29.5 Å². The molecule has 0 saturated carbocycles. The quantitative estimate of drug-likeness (QED) is 0.137. The number of carbonyl (C=O) groups is 2. The molecule has 1 aromatic heterocycles. The zero-order valence-corrected chi connectivity index (χ0v) is 29.6. The highest BCUT2D eigenvalue weighted by Crippen LogP contribution is 3.02. The van der Waals surface area contributed by atoms with Crippen molar-refractivity contribution in [3.63, 3.8) is 0 Å². The van der Waals surface area contributed by atoms with Crippen LogP contribution in [-0.2, 0) is 17.8 Å². The molecule has 280 valence electrons. The normalized spacial score (nSPS) is 15.9. The van der Waals surface area contributed by atoms with Gasteiger partial charge in [0.1, 0.15) is 28.8 Å². The van der Waals surface area contributed by atoms with Crippen molar-refractivity contribution in [1.29, 1.82) is 0 Å². The lowest BCUT2D eigenvalue weighted by molar-refractivity contribution is -0.115. The van der Waals surface area contributed by atoms with Gasteiger partial charge in [-0.1, -0.05) is 43.7 Å². The number of likely N-dealkylation sites (N-methyl/N-ethyl adjacent to an activating group) is 1. The van der Waals surface area contributed by atoms with E-state index < -0.39 is 50.4 Å². The van der Waals surface area contributed by atoms with E-state index in [0.717, 1.165) is 17.7 Å². The molecule has 0 spiro atoms. The van der Waals surface area contributed by atoms with Crippen LogP contribution in [-0.4, -0.2) is 73.5 Å². The molecule has 4 aromatic rings. The van der Waals surface area contributed by atoms with E-state index in [-0.39, 0.29) is 55.9 Å². The van der Waals surface area contributed by atoms with E-state index in [2.05, 4.69) is 10.3 Å². The number of nitrogens with one attached hydrogen (secondary N) is 1. The summed E-state index contributed by atoms with van der Waals surface area (Å²) in [5.41, 5.74) is 0.178. The summed E-state index contributed by atoms with van der Waals surface area (Å²) in [6.07, 6.45) is 1.34. The molecule has 0 bridgehead atoms. The molecule has 0 unspecified atom stereocenters. The summed E-state index contributed by atoms with van der Waals surface area (Å²) < 4.78 is 102. The van der Waals surface area contributed by atoms with Gasteiger partial charge in [0, 0.05) is 48.2 Å². The van der Waals surface area contributed by atoms with Gasteiger partial charge in [-0.2, -0.15) is 0 Å². The van der Waals surface area contributed by atoms with Crippen molar-refractivity contribution >= 4 is 27.7 Å². The SMILES string of the molecule is CCOc1cc(OCc2ccc(OC)cc2)ncc1-c1ccc(CC(=O)Nc2cc(C(=O)N3CC[C@H](N(C)C)C3)cc(S(F)(F)(F)(F)F)c2)c(F)c1. The lowest BCUT2D eigenvalue weighted by atomic mass is 10.0. The zero-order chi connectivity index (χ0) is 37.9. The fourth-order valence-electron chi connectivity index (χ4n) is 5.65. The van der Waals surface area contributed by atoms with Gasteiger partial charge in [-0.15, -0.1) is 0 Å². The molecular formula is C36H38F6N4O5S. The molecule has 9 nitrogen and oxygen atoms in total. The molecule has 5 rings (SSSR count). The largest absolute Gasteiger partial charge is 0.497 e. The maximum Gasteiger partial charge on any atom is 0.310 e. The highest BCUT2D eigenvalue weighted by molar-refractivity contribution is 8.45. The molecule has 1 N–H and O–H groups in total. The maximum atomic E-state index is 15.4. The first-order chi connectivity index (χ1) is 24.3. The molecule has 3 aromatic carbocycles. The Hall–Kier alpha value is -4.96. The monoisotopic (exact) mass is 752 g/mol. The number of rotatable bonds is 13. The van der Waals surface area contributed by atoms with Gasteiger partial charge < -0.3 is 29.3 Å². The molecule has 1 aliphatic heterocycles. The predicted molar refractivity (Wildman–Crippen MR) is 186 cm³/mol. The summed E-state index contributed by atoms with van der Waals surface area (Å²) in [5, 5.41) is 2.14. The molecule has 2 heterocycles. The summed E-state index contributed by atoms with van der Waals surface area (Å²) in [7, 11) is -5.14. The number of hydrogen-bond acceptors (Lipinski definition) is 7. The smallest absolute Gasteiger partial charge is 0.310 e. The van der Waals surface area contributed by atoms with Crippen molar-refractivity contribution < 1.29 is 47.6 Å². The number of nitrogens with zero attached hydrogens (tertiary/aromatic N) is 3. The Bertz CT molecular complexity index is 1960. The molecular weight excluding hydrogens is 714 g/mol. The number of likely N-dealkylation sites (tertiary alicyclic amines) is 1. The second-order valence-electron chi connectivity index (χ2n) is 12.5. The minimum Gasteiger partial charge on any atom is -0.497 e. The third-order valence-electron chi connectivity index (χ3n) is 8.47. The van der Waals surface area contributed by atoms with Crippen LogP contribution in [0.15, 0.2) is 77.8 Å². The van der Waals surface area contributed by atoms with Gasteiger partial charge in [0.25, 0.3) is 5.91 Å². The van der Waals surface area contributed by atoms with Crippen molar-refractivity contribution in [3.05, 3.63) is 95.4 Å². The van der Waals surface area contributed by atoms with Crippen LogP contribution in [0.25, 0.3) is 11.1 Å². The number of carbonyl (C=O) groups excluding carboxylic acids is 2. The second kappa shape index (κ2) is 14.2. The van der Waals surface area contributed by atoms with E-state index in [0.29, 0.717) is 29.0 Å². The highest BCUT2D eigenvalue weighted by atomic mass is 32.5. The lowest BCUT2D eigenvalue weighted by Crippen LogP contribution is -2.34. The van der Waals surface area contributed by atoms with Crippen molar-refractivity contribution in [3.8, 4) is 28.5 Å². The van der Waals surface area contributed by atoms with Crippen LogP contribution in [0.1, 0.15) is 34.8 Å². The van der Waals surface area contributed by atoms with Crippen LogP contribution in [0.3, 0.4) is 0 Å². The molecule has 2 amide bonds. The molecule has 1 atom stereocenters. The first-order valence-corrected chi connectivity index (χ1v) is 18.1. The Kier molecular flexibility index (Phi) is 10.5. The fourth-order valence-corrected chi connectivity index (χ4v) is 6.35. The molecule has 1 fully saturated rings. The standard InChI is InChI=1S/C36H38F6N4O5S/c1-5-50-33-19-35(51-22-23-6-10-29(49-4)11-7-23)43-20-31(33)24-8-9-25(32(37)16-24)17-34(47)44-27-14-26(15-30(18-27)52(38,39,40,41)42)36(48)46-13-12-28(21-46)45(2)3/h6-11,14-16,18-20,28H,5,12-13,17,21-22H2,1-4H3,(H,44,47)/t28-/m0/s1. The topological polar surface area (TPSA) is 93.2 Å². The zero-order valence-electron chi connectivity index (χ0n) is 28.8. The average molecular weight is 753 g/mol. The lowest BCUT2D eigenvalue weighted by Gasteiger charge is -2.41. The van der Waals surface area contributed by atoms with Gasteiger partial charge in [-0.3, -0.25) is 9.59 Å². The summed E-state index contributed by atoms with van der Waals surface area (Å²) >= 11 is 0. The Morgan fingerprint density at radius 1 is 0.981 bits per heavy atom. The van der Waals surface area contributed by atoms with E-state index in [1.165, 1.54) is 23.2 Å². The first-order valence-electron chi connectivity index (χ1n) is 16.2. The number of hydrogen-bond donors (Lipinski definition) is 1. The van der Waals surface area contributed by atoms with Crippen LogP contribution in [0.5, 0.6) is 17.4 Å². The molecule has 16 heteroatoms. The number of aromatic nitrogens is 1. The molecule has 0 radical (unpaired) electrons. The first kappa shape index (κ1) is 38.3. The van der Waals surface area contributed by atoms with Gasteiger partial charge in [-0.05, 0) is 80.5 Å². The van der Waals surface area contributed by atoms with E-state index in [1.54, 1.807) is 46.3 Å². The second-order valence-corrected chi connectivity index (χ2v) is 14.9. The van der Waals surface area contributed by atoms with Crippen LogP contribution < -0.4 is 19.5 Å². The summed E-state index contributed by atoms with van der Waals surface area (Å²) in [5.74, 6) is -1.39. The van der Waals surface area contributed by atoms with Gasteiger partial charge in [0.05, 0.1) is 20.1 Å². The predicted octanol–water partition coefficient (Wildman–Crippen LogP) is 8.49. The Balaban J connectivity index is 1.32. The van der Waals surface area contributed by atoms with Crippen molar-refractivity contribution in [1.82, 2.24) is 14.8 Å². The third kappa shape index (κ3) is 9.47. The Labute approximate surface area is 297 Å². The van der Waals surface area contributed by atoms with Crippen LogP contribution in [0, 0.1) is 5.82 Å². The molecule has 0 aliphatic carbocycles. The van der Waals surface area contributed by atoms with Gasteiger partial charge >= 0.3 is 10.2 Å². The van der Waals surface area contributed by atoms with E-state index in [4.69, 9.17) is 14.2 Å². The van der Waals surface area contributed by atoms with E-state index >= 15 is 4.39 Å². The Morgan fingerprint density at radius 3 is 2.33 bits per heavy atom. The van der Waals surface area contributed by atoms with Crippen LogP contribution in [0.2, 0.25) is 0 Å². The van der Waals surface area contributed by atoms with Gasteiger partial charge in [0.2, 0.25) is 11.8 Å². The molecule has 1 saturated heterocycles. The van der Waals surface area contributed by atoms with E-state index in [1.807, 2.05) is 17.0 Å². The van der Waals surface area contributed by atoms with Crippen LogP contribution >= 0.6 is 10.2 Å². The Morgan fingerprint density at radius 2 is 1.71 bits per heavy atom. The van der Waals surface area contributed by atoms with Crippen molar-refractivity contribution in [2.24, 2.45) is 0 Å². The summed E-state index contributed by atoms with van der Waals surface area (Å²) in [6.45, 7) is 2.66. The van der Waals surface area contributed by atoms with Crippen molar-refractivity contribution in [2.75, 3.05) is 46.2 Å². The number of methoxy groups -OCH3 is 1. The number of ether oxygens (including phenoxy) is 3. The number of amides is 2. The van der Waals surface area contributed by atoms with E-state index in [9.17, 15) is 29.0 Å². The minimum absolute atomic E-state index is 0.0608. The van der Waals surface area contributed by atoms with Gasteiger partial charge in [-0.25, -0.2) is 9.37 Å².